The van der Waals surface area contributed by atoms with Crippen LogP contribution in [-0.2, 0) is 60.4 Å². The van der Waals surface area contributed by atoms with E-state index in [4.69, 9.17) is 28.4 Å². The van der Waals surface area contributed by atoms with E-state index in [-0.39, 0.29) is 112 Å². The van der Waals surface area contributed by atoms with Crippen molar-refractivity contribution in [2.24, 2.45) is 11.8 Å². The van der Waals surface area contributed by atoms with Crippen LogP contribution in [0.5, 0.6) is 0 Å². The third-order valence-electron chi connectivity index (χ3n) is 18.0. The SMILES string of the molecule is CC(=O)N[C@H]1C(C(O)C(O)CO)O[C@@](OCCCCCCc2c(NCCN(CCCc3c(NCCO[C@]4(C(=O)O)C[C@@H](O)[C@@H](C)C(C(O)C(O)CO)O4)c(=O)c3=O)CCNc3c(NCCO[C@@]4(C(=O)O)CC(O)[C@H](C)C(C(O)C(O)CO)O4)c(=O)c3=O)c(=O)c2=O)(C(=O)O)C[C@H]1O. The number of aliphatic carboxylic acids is 3. The molecule has 546 valence electrons. The van der Waals surface area contributed by atoms with E-state index >= 15 is 0 Å². The number of hydrogen-bond donors (Lipinski definition) is 20. The number of nitrogens with one attached hydrogen (secondary N) is 5. The first-order valence-electron chi connectivity index (χ1n) is 31.8. The Morgan fingerprint density at radius 1 is 0.474 bits per heavy atom. The summed E-state index contributed by atoms with van der Waals surface area (Å²) in [5.41, 5.74) is -5.17. The number of hydrogen-bond acceptors (Lipinski definition) is 33. The predicted octanol–water partition coefficient (Wildman–Crippen LogP) is -8.38. The van der Waals surface area contributed by atoms with Crippen molar-refractivity contribution < 1.29 is 124 Å². The number of amides is 1. The largest absolute Gasteiger partial charge is 0.477 e. The van der Waals surface area contributed by atoms with Gasteiger partial charge in [-0.15, -0.1) is 0 Å². The van der Waals surface area contributed by atoms with Crippen LogP contribution < -0.4 is 59.2 Å². The van der Waals surface area contributed by atoms with Gasteiger partial charge in [-0.25, -0.2) is 14.4 Å². The minimum absolute atomic E-state index is 0.00356. The van der Waals surface area contributed by atoms with E-state index in [1.807, 2.05) is 4.90 Å². The average molecular weight is 1390 g/mol. The second-order valence-corrected chi connectivity index (χ2v) is 24.7. The van der Waals surface area contributed by atoms with Crippen molar-refractivity contribution in [1.82, 2.24) is 10.2 Å². The highest BCUT2D eigenvalue weighted by Gasteiger charge is 2.58. The number of carbonyl (C=O) groups excluding carboxylic acids is 1. The maximum atomic E-state index is 12.9. The number of aliphatic hydroxyl groups excluding tert-OH is 12. The summed E-state index contributed by atoms with van der Waals surface area (Å²) >= 11 is 0. The number of carboxylic acid groups (broad SMARTS) is 3. The van der Waals surface area contributed by atoms with Crippen LogP contribution in [0.15, 0.2) is 28.8 Å². The number of ether oxygens (including phenoxy) is 6. The minimum Gasteiger partial charge on any atom is -0.477 e. The molecule has 0 aliphatic carbocycles. The fraction of sp³-hybridized carbons (Fsp3) is 0.733. The van der Waals surface area contributed by atoms with Gasteiger partial charge in [-0.05, 0) is 38.6 Å². The molecular weight excluding hydrogens is 1300 g/mol. The van der Waals surface area contributed by atoms with Gasteiger partial charge in [-0.1, -0.05) is 26.7 Å². The zero-order chi connectivity index (χ0) is 72.0. The first-order valence-corrected chi connectivity index (χ1v) is 31.8. The molecule has 37 heteroatoms. The number of rotatable bonds is 43. The molecule has 18 atom stereocenters. The second-order valence-electron chi connectivity index (χ2n) is 24.7. The Kier molecular flexibility index (Phi) is 28.7. The molecule has 3 saturated heterocycles. The zero-order valence-corrected chi connectivity index (χ0v) is 53.6. The van der Waals surface area contributed by atoms with Gasteiger partial charge in [-0.2, -0.15) is 0 Å². The summed E-state index contributed by atoms with van der Waals surface area (Å²) in [4.78, 5) is 128. The molecule has 3 heterocycles. The monoisotopic (exact) mass is 1390 g/mol. The van der Waals surface area contributed by atoms with Crippen LogP contribution in [0, 0.1) is 11.8 Å². The molecule has 97 heavy (non-hydrogen) atoms. The number of aliphatic hydroxyl groups is 12. The maximum absolute atomic E-state index is 12.9. The standard InChI is InChI=1S/C60H90N6O31/c1-27-32(71)21-58(55(86)87,95-52(27)45(79)35(74)24-67)93-19-13-63-39-31(44(78)49(39)83)10-8-15-66(17-12-62-41-42(51(85)50(41)84)64-14-20-94-59(56(88)89)22-33(72)28(2)53(96-59)46(80)36(75)25-68)16-11-61-38-30(43(77)48(38)82)9-6-4-5-7-18-92-60(57(90)91)23-34(73)40(65-29(3)70)54(97-60)47(81)37(76)26-69/h27-28,32-37,40,45-47,52-54,61-64,67-69,71-76,79-81H,4-26H2,1-3H3,(H,65,70)(H,86,87)(H,88,89)(H,90,91)/t27-,28+,32-,33?,34-,35?,36?,37?,40-,45?,46?,47?,52?,53?,54?,58-,59+,60-/m1/s1. The van der Waals surface area contributed by atoms with Crippen molar-refractivity contribution in [2.75, 3.05) is 107 Å². The van der Waals surface area contributed by atoms with Crippen LogP contribution >= 0.6 is 0 Å². The number of unbranched alkanes of at least 4 members (excludes halogenated alkanes) is 3. The maximum Gasteiger partial charge on any atom is 0.364 e. The van der Waals surface area contributed by atoms with Gasteiger partial charge in [0.25, 0.3) is 28.2 Å². The molecule has 20 N–H and O–H groups in total. The van der Waals surface area contributed by atoms with Crippen molar-refractivity contribution in [3.8, 4) is 0 Å². The Morgan fingerprint density at radius 3 is 1.25 bits per heavy atom. The van der Waals surface area contributed by atoms with Gasteiger partial charge in [0, 0.05) is 88.4 Å². The summed E-state index contributed by atoms with van der Waals surface area (Å²) in [5.74, 6) is -15.2. The highest BCUT2D eigenvalue weighted by atomic mass is 16.7. The fourth-order valence-corrected chi connectivity index (χ4v) is 12.1. The lowest BCUT2D eigenvalue weighted by Gasteiger charge is -2.46. The summed E-state index contributed by atoms with van der Waals surface area (Å²) in [6, 6.07) is -1.39. The first-order chi connectivity index (χ1) is 45.8. The molecule has 3 aromatic rings. The van der Waals surface area contributed by atoms with Crippen molar-refractivity contribution in [3.63, 3.8) is 0 Å². The normalized spacial score (nSPS) is 28.0. The zero-order valence-electron chi connectivity index (χ0n) is 53.6. The van der Waals surface area contributed by atoms with Gasteiger partial charge >= 0.3 is 17.9 Å². The predicted molar refractivity (Wildman–Crippen MR) is 334 cm³/mol. The Balaban J connectivity index is 1.07. The van der Waals surface area contributed by atoms with Gasteiger partial charge in [0.2, 0.25) is 27.6 Å². The molecule has 3 aliphatic rings. The van der Waals surface area contributed by atoms with E-state index in [1.165, 1.54) is 13.8 Å². The lowest BCUT2D eigenvalue weighted by atomic mass is 9.84. The van der Waals surface area contributed by atoms with Crippen LogP contribution in [0.3, 0.4) is 0 Å². The summed E-state index contributed by atoms with van der Waals surface area (Å²) in [7, 11) is 0. The third-order valence-corrected chi connectivity index (χ3v) is 18.0. The van der Waals surface area contributed by atoms with E-state index < -0.39 is 217 Å². The highest BCUT2D eigenvalue weighted by Crippen LogP contribution is 2.39. The molecule has 0 aromatic heterocycles. The highest BCUT2D eigenvalue weighted by molar-refractivity contribution is 5.78. The third kappa shape index (κ3) is 18.5. The summed E-state index contributed by atoms with van der Waals surface area (Å²) in [6.07, 6.45) is -20.3. The molecule has 37 nitrogen and oxygen atoms in total. The number of carbonyl (C=O) groups is 4. The number of anilines is 4. The summed E-state index contributed by atoms with van der Waals surface area (Å²) in [5, 5.41) is 167. The Bertz CT molecular complexity index is 3210. The van der Waals surface area contributed by atoms with Crippen molar-refractivity contribution in [2.45, 2.75) is 182 Å². The quantitative estimate of drug-likeness (QED) is 0.0185. The van der Waals surface area contributed by atoms with Crippen LogP contribution in [0.1, 0.15) is 83.3 Å². The van der Waals surface area contributed by atoms with Crippen LogP contribution in [-0.4, -0.2) is 287 Å². The molecule has 10 unspecified atom stereocenters. The molecule has 0 bridgehead atoms. The molecule has 6 rings (SSSR count). The van der Waals surface area contributed by atoms with E-state index in [0.29, 0.717) is 19.3 Å². The van der Waals surface area contributed by atoms with E-state index in [0.717, 1.165) is 6.92 Å². The van der Waals surface area contributed by atoms with Gasteiger partial charge in [0.05, 0.1) is 87.6 Å². The molecule has 0 spiro atoms. The Morgan fingerprint density at radius 2 is 0.825 bits per heavy atom. The molecule has 3 aliphatic heterocycles. The van der Waals surface area contributed by atoms with E-state index in [9.17, 15) is 125 Å². The Labute approximate surface area is 552 Å². The summed E-state index contributed by atoms with van der Waals surface area (Å²) < 4.78 is 33.7. The molecule has 1 amide bonds. The van der Waals surface area contributed by atoms with E-state index in [2.05, 4.69) is 26.6 Å². The fourth-order valence-electron chi connectivity index (χ4n) is 12.1. The van der Waals surface area contributed by atoms with Crippen LogP contribution in [0.2, 0.25) is 0 Å². The topological polar surface area (TPSA) is 593 Å². The van der Waals surface area contributed by atoms with Gasteiger partial charge in [0.1, 0.15) is 54.1 Å². The van der Waals surface area contributed by atoms with Crippen LogP contribution in [0.25, 0.3) is 0 Å². The van der Waals surface area contributed by atoms with Gasteiger partial charge in [0.15, 0.2) is 0 Å². The lowest BCUT2D eigenvalue weighted by Crippen LogP contribution is -2.67. The van der Waals surface area contributed by atoms with Gasteiger partial charge in [-0.3, -0.25) is 38.5 Å². The molecular formula is C60H90N6O31. The lowest BCUT2D eigenvalue weighted by molar-refractivity contribution is -0.317. The molecule has 3 aromatic carbocycles. The van der Waals surface area contributed by atoms with Crippen molar-refractivity contribution in [3.05, 3.63) is 72.5 Å². The molecule has 0 radical (unpaired) electrons. The van der Waals surface area contributed by atoms with Crippen LogP contribution in [0.4, 0.5) is 22.7 Å². The van der Waals surface area contributed by atoms with Gasteiger partial charge < -0.3 is 132 Å². The van der Waals surface area contributed by atoms with Crippen molar-refractivity contribution >= 4 is 46.6 Å². The average Bonchev–Trinajstić information content (AvgIpc) is 0.761. The number of carboxylic acids is 3. The smallest absolute Gasteiger partial charge is 0.364 e. The molecule has 0 saturated carbocycles. The minimum atomic E-state index is -2.55. The first kappa shape index (κ1) is 79.5. The Hall–Kier alpha value is -6.44. The van der Waals surface area contributed by atoms with Crippen molar-refractivity contribution in [1.29, 1.82) is 0 Å². The second kappa shape index (κ2) is 35.1. The number of nitrogens with zero attached hydrogens (tertiary/aromatic N) is 1. The summed E-state index contributed by atoms with van der Waals surface area (Å²) in [6.45, 7) is -0.238. The molecule has 3 fully saturated rings. The van der Waals surface area contributed by atoms with E-state index in [1.54, 1.807) is 0 Å².